The van der Waals surface area contributed by atoms with Gasteiger partial charge in [0.2, 0.25) is 0 Å². The quantitative estimate of drug-likeness (QED) is 0.808. The van der Waals surface area contributed by atoms with E-state index in [1.165, 1.54) is 18.4 Å². The Balaban J connectivity index is 1.91. The highest BCUT2D eigenvalue weighted by molar-refractivity contribution is 9.10. The molecule has 0 bridgehead atoms. The molecule has 2 aromatic carbocycles. The molecular weight excluding hydrogens is 350 g/mol. The number of benzene rings is 2. The highest BCUT2D eigenvalue weighted by atomic mass is 79.9. The van der Waals surface area contributed by atoms with E-state index in [1.54, 1.807) is 0 Å². The van der Waals surface area contributed by atoms with Gasteiger partial charge in [0.15, 0.2) is 0 Å². The molecule has 1 fully saturated rings. The normalized spacial score (nSPS) is 15.8. The lowest BCUT2D eigenvalue weighted by Gasteiger charge is -2.19. The van der Waals surface area contributed by atoms with Crippen LogP contribution in [0, 0.1) is 0 Å². The van der Waals surface area contributed by atoms with E-state index in [9.17, 15) is 0 Å². The van der Waals surface area contributed by atoms with Crippen molar-refractivity contribution in [2.45, 2.75) is 25.0 Å². The molecule has 3 rings (SSSR count). The molecule has 1 aliphatic rings. The maximum atomic E-state index is 6.03. The minimum atomic E-state index is 0.0967. The monoisotopic (exact) mass is 365 g/mol. The Kier molecular flexibility index (Phi) is 4.53. The van der Waals surface area contributed by atoms with E-state index in [1.807, 2.05) is 37.4 Å². The Hall–Kier alpha value is -1.03. The summed E-state index contributed by atoms with van der Waals surface area (Å²) >= 11 is 9.63. The smallest absolute Gasteiger partial charge is 0.120 e. The Morgan fingerprint density at radius 2 is 2.05 bits per heavy atom. The van der Waals surface area contributed by atoms with Gasteiger partial charge in [0.25, 0.3) is 0 Å². The van der Waals surface area contributed by atoms with Gasteiger partial charge in [-0.3, -0.25) is 0 Å². The van der Waals surface area contributed by atoms with E-state index in [-0.39, 0.29) is 6.04 Å². The predicted octanol–water partition coefficient (Wildman–Crippen LogP) is 4.95. The lowest BCUT2D eigenvalue weighted by Crippen LogP contribution is -2.18. The number of halogens is 2. The van der Waals surface area contributed by atoms with Crippen molar-refractivity contribution >= 4 is 27.5 Å². The van der Waals surface area contributed by atoms with E-state index < -0.39 is 0 Å². The average molecular weight is 367 g/mol. The molecule has 1 unspecified atom stereocenters. The van der Waals surface area contributed by atoms with Crippen LogP contribution < -0.4 is 10.1 Å². The summed E-state index contributed by atoms with van der Waals surface area (Å²) in [4.78, 5) is 0. The number of ether oxygens (including phenoxy) is 1. The van der Waals surface area contributed by atoms with Crippen LogP contribution in [0.5, 0.6) is 5.75 Å². The molecule has 1 atom stereocenters. The number of rotatable bonds is 5. The lowest BCUT2D eigenvalue weighted by atomic mass is 9.99. The van der Waals surface area contributed by atoms with Crippen molar-refractivity contribution in [1.29, 1.82) is 0 Å². The van der Waals surface area contributed by atoms with Crippen molar-refractivity contribution in [2.75, 3.05) is 7.05 Å². The fourth-order valence-corrected chi connectivity index (χ4v) is 3.29. The van der Waals surface area contributed by atoms with Gasteiger partial charge in [0.1, 0.15) is 5.75 Å². The molecular formula is C17H17BrClNO. The zero-order valence-electron chi connectivity index (χ0n) is 11.8. The molecule has 0 heterocycles. The summed E-state index contributed by atoms with van der Waals surface area (Å²) < 4.78 is 6.89. The SMILES string of the molecule is CNC(c1cccc(OC2CC2)c1)c1ccc(Cl)cc1Br. The molecule has 1 saturated carbocycles. The van der Waals surface area contributed by atoms with E-state index in [0.717, 1.165) is 20.8 Å². The summed E-state index contributed by atoms with van der Waals surface area (Å²) in [5, 5.41) is 4.09. The standard InChI is InChI=1S/C17H17BrClNO/c1-20-17(15-8-5-12(19)10-16(15)18)11-3-2-4-14(9-11)21-13-6-7-13/h2-5,8-10,13,17,20H,6-7H2,1H3. The van der Waals surface area contributed by atoms with Crippen molar-refractivity contribution < 1.29 is 4.74 Å². The van der Waals surface area contributed by atoms with Crippen LogP contribution in [-0.2, 0) is 0 Å². The molecule has 0 aliphatic heterocycles. The van der Waals surface area contributed by atoms with Crippen LogP contribution in [0.2, 0.25) is 5.02 Å². The first kappa shape index (κ1) is 14.9. The second-order valence-corrected chi connectivity index (χ2v) is 6.57. The molecule has 1 aliphatic carbocycles. The van der Waals surface area contributed by atoms with Crippen molar-refractivity contribution in [2.24, 2.45) is 0 Å². The van der Waals surface area contributed by atoms with Crippen molar-refractivity contribution in [3.8, 4) is 5.75 Å². The largest absolute Gasteiger partial charge is 0.490 e. The van der Waals surface area contributed by atoms with Gasteiger partial charge in [-0.15, -0.1) is 0 Å². The molecule has 2 aromatic rings. The van der Waals surface area contributed by atoms with Crippen LogP contribution in [0.4, 0.5) is 0 Å². The molecule has 110 valence electrons. The van der Waals surface area contributed by atoms with Gasteiger partial charge in [0.05, 0.1) is 12.1 Å². The Morgan fingerprint density at radius 1 is 1.24 bits per heavy atom. The maximum Gasteiger partial charge on any atom is 0.120 e. The predicted molar refractivity (Wildman–Crippen MR) is 90.1 cm³/mol. The van der Waals surface area contributed by atoms with Crippen LogP contribution in [0.3, 0.4) is 0 Å². The van der Waals surface area contributed by atoms with E-state index in [4.69, 9.17) is 16.3 Å². The van der Waals surface area contributed by atoms with E-state index >= 15 is 0 Å². The third kappa shape index (κ3) is 3.60. The highest BCUT2D eigenvalue weighted by Crippen LogP contribution is 2.33. The van der Waals surface area contributed by atoms with Crippen LogP contribution >= 0.6 is 27.5 Å². The number of hydrogen-bond donors (Lipinski definition) is 1. The second kappa shape index (κ2) is 6.39. The molecule has 0 radical (unpaired) electrons. The van der Waals surface area contributed by atoms with Crippen molar-refractivity contribution in [3.05, 3.63) is 63.1 Å². The topological polar surface area (TPSA) is 21.3 Å². The minimum absolute atomic E-state index is 0.0967. The molecule has 0 spiro atoms. The fraction of sp³-hybridized carbons (Fsp3) is 0.294. The second-order valence-electron chi connectivity index (χ2n) is 5.28. The zero-order valence-corrected chi connectivity index (χ0v) is 14.1. The summed E-state index contributed by atoms with van der Waals surface area (Å²) in [5.41, 5.74) is 2.34. The fourth-order valence-electron chi connectivity index (χ4n) is 2.38. The van der Waals surface area contributed by atoms with Gasteiger partial charge in [-0.25, -0.2) is 0 Å². The summed E-state index contributed by atoms with van der Waals surface area (Å²) in [6.07, 6.45) is 2.75. The number of hydrogen-bond acceptors (Lipinski definition) is 2. The molecule has 4 heteroatoms. The molecule has 21 heavy (non-hydrogen) atoms. The van der Waals surface area contributed by atoms with Gasteiger partial charge in [-0.1, -0.05) is 45.7 Å². The zero-order chi connectivity index (χ0) is 14.8. The van der Waals surface area contributed by atoms with Gasteiger partial charge in [-0.2, -0.15) is 0 Å². The third-order valence-corrected chi connectivity index (χ3v) is 4.50. The minimum Gasteiger partial charge on any atom is -0.490 e. The lowest BCUT2D eigenvalue weighted by molar-refractivity contribution is 0.302. The van der Waals surface area contributed by atoms with Crippen LogP contribution in [-0.4, -0.2) is 13.2 Å². The van der Waals surface area contributed by atoms with Crippen molar-refractivity contribution in [3.63, 3.8) is 0 Å². The highest BCUT2D eigenvalue weighted by Gasteiger charge is 2.24. The summed E-state index contributed by atoms with van der Waals surface area (Å²) in [6.45, 7) is 0. The molecule has 0 saturated heterocycles. The van der Waals surface area contributed by atoms with Gasteiger partial charge in [-0.05, 0) is 55.3 Å². The van der Waals surface area contributed by atoms with Crippen LogP contribution in [0.15, 0.2) is 46.9 Å². The maximum absolute atomic E-state index is 6.03. The average Bonchev–Trinajstić information content (AvgIpc) is 3.26. The van der Waals surface area contributed by atoms with E-state index in [2.05, 4.69) is 33.4 Å². The first-order valence-electron chi connectivity index (χ1n) is 7.06. The van der Waals surface area contributed by atoms with Crippen molar-refractivity contribution in [1.82, 2.24) is 5.32 Å². The Bertz CT molecular complexity index is 642. The van der Waals surface area contributed by atoms with Gasteiger partial charge in [0, 0.05) is 9.50 Å². The van der Waals surface area contributed by atoms with E-state index in [0.29, 0.717) is 6.10 Å². The van der Waals surface area contributed by atoms with Crippen LogP contribution in [0.25, 0.3) is 0 Å². The third-order valence-electron chi connectivity index (χ3n) is 3.58. The van der Waals surface area contributed by atoms with Crippen LogP contribution in [0.1, 0.15) is 30.0 Å². The summed E-state index contributed by atoms with van der Waals surface area (Å²) in [5.74, 6) is 0.945. The molecule has 0 amide bonds. The molecule has 0 aromatic heterocycles. The Labute approximate surface area is 138 Å². The Morgan fingerprint density at radius 3 is 2.71 bits per heavy atom. The van der Waals surface area contributed by atoms with Gasteiger partial charge < -0.3 is 10.1 Å². The number of nitrogens with one attached hydrogen (secondary N) is 1. The first-order valence-corrected chi connectivity index (χ1v) is 8.23. The molecule has 1 N–H and O–H groups in total. The first-order chi connectivity index (χ1) is 10.2. The van der Waals surface area contributed by atoms with Gasteiger partial charge >= 0.3 is 0 Å². The summed E-state index contributed by atoms with van der Waals surface area (Å²) in [6, 6.07) is 14.3. The summed E-state index contributed by atoms with van der Waals surface area (Å²) in [7, 11) is 1.96. The molecule has 2 nitrogen and oxygen atoms in total.